The van der Waals surface area contributed by atoms with Crippen LogP contribution in [0.5, 0.6) is 0 Å². The molecule has 1 aliphatic heterocycles. The molecule has 5 nitrogen and oxygen atoms in total. The smallest absolute Gasteiger partial charge is 0.326 e. The number of aromatic nitrogens is 1. The zero-order valence-electron chi connectivity index (χ0n) is 9.67. The monoisotopic (exact) mass is 268 g/mol. The first-order chi connectivity index (χ1) is 8.59. The van der Waals surface area contributed by atoms with Crippen LogP contribution in [0.4, 0.5) is 0 Å². The van der Waals surface area contributed by atoms with Crippen molar-refractivity contribution in [2.45, 2.75) is 25.3 Å². The maximum absolute atomic E-state index is 12.2. The van der Waals surface area contributed by atoms with Gasteiger partial charge < -0.3 is 10.0 Å². The lowest BCUT2D eigenvalue weighted by Crippen LogP contribution is -2.48. The lowest BCUT2D eigenvalue weighted by molar-refractivity contribution is -0.143. The predicted molar refractivity (Wildman–Crippen MR) is 65.6 cm³/mol. The van der Waals surface area contributed by atoms with E-state index in [0.29, 0.717) is 13.0 Å². The number of nitrogens with zero attached hydrogens (tertiary/aromatic N) is 2. The molecule has 0 unspecified atom stereocenters. The van der Waals surface area contributed by atoms with Crippen molar-refractivity contribution in [3.8, 4) is 0 Å². The molecule has 1 amide bonds. The summed E-state index contributed by atoms with van der Waals surface area (Å²) in [5.41, 5.74) is 0.190. The summed E-state index contributed by atoms with van der Waals surface area (Å²) in [5, 5.41) is 9.35. The fourth-order valence-corrected chi connectivity index (χ4v) is 2.27. The number of piperidine rings is 1. The number of carboxylic acid groups (broad SMARTS) is 1. The first kappa shape index (κ1) is 12.8. The van der Waals surface area contributed by atoms with Crippen LogP contribution < -0.4 is 0 Å². The zero-order valence-corrected chi connectivity index (χ0v) is 10.4. The minimum absolute atomic E-state index is 0.190. The van der Waals surface area contributed by atoms with Crippen molar-refractivity contribution < 1.29 is 14.7 Å². The van der Waals surface area contributed by atoms with Crippen molar-refractivity contribution in [2.24, 2.45) is 0 Å². The van der Waals surface area contributed by atoms with Crippen molar-refractivity contribution in [2.75, 3.05) is 6.54 Å². The standard InChI is InChI=1S/C12H13ClN2O3/c13-10-6-3-4-8(14-10)11(16)15-7-2-1-5-9(15)12(17)18/h3-4,6,9H,1-2,5,7H2,(H,17,18)/t9-/m0/s1. The van der Waals surface area contributed by atoms with E-state index >= 15 is 0 Å². The minimum Gasteiger partial charge on any atom is -0.480 e. The highest BCUT2D eigenvalue weighted by Gasteiger charge is 2.32. The van der Waals surface area contributed by atoms with Crippen LogP contribution in [-0.4, -0.2) is 39.5 Å². The summed E-state index contributed by atoms with van der Waals surface area (Å²) in [6.45, 7) is 0.448. The van der Waals surface area contributed by atoms with Crippen molar-refractivity contribution in [1.29, 1.82) is 0 Å². The maximum atomic E-state index is 12.2. The summed E-state index contributed by atoms with van der Waals surface area (Å²) in [6, 6.07) is 3.99. The van der Waals surface area contributed by atoms with E-state index < -0.39 is 12.0 Å². The van der Waals surface area contributed by atoms with E-state index in [4.69, 9.17) is 16.7 Å². The van der Waals surface area contributed by atoms with Gasteiger partial charge in [0.1, 0.15) is 16.9 Å². The van der Waals surface area contributed by atoms with Crippen molar-refractivity contribution >= 4 is 23.5 Å². The third-order valence-electron chi connectivity index (χ3n) is 2.98. The van der Waals surface area contributed by atoms with Crippen LogP contribution in [0.25, 0.3) is 0 Å². The second kappa shape index (κ2) is 5.35. The van der Waals surface area contributed by atoms with Crippen LogP contribution in [0.2, 0.25) is 5.15 Å². The fraction of sp³-hybridized carbons (Fsp3) is 0.417. The Labute approximate surface area is 109 Å². The molecular weight excluding hydrogens is 256 g/mol. The number of hydrogen-bond donors (Lipinski definition) is 1. The van der Waals surface area contributed by atoms with Gasteiger partial charge in [0.25, 0.3) is 5.91 Å². The van der Waals surface area contributed by atoms with E-state index in [-0.39, 0.29) is 16.8 Å². The molecule has 0 spiro atoms. The first-order valence-corrected chi connectivity index (χ1v) is 6.13. The highest BCUT2D eigenvalue weighted by molar-refractivity contribution is 6.29. The van der Waals surface area contributed by atoms with Gasteiger partial charge >= 0.3 is 5.97 Å². The number of carbonyl (C=O) groups is 2. The molecule has 1 aromatic heterocycles. The van der Waals surface area contributed by atoms with Crippen LogP contribution in [0.3, 0.4) is 0 Å². The molecule has 0 bridgehead atoms. The second-order valence-corrected chi connectivity index (χ2v) is 4.58. The van der Waals surface area contributed by atoms with Crippen LogP contribution in [0.15, 0.2) is 18.2 Å². The Hall–Kier alpha value is -1.62. The van der Waals surface area contributed by atoms with Gasteiger partial charge in [0.15, 0.2) is 0 Å². The van der Waals surface area contributed by atoms with E-state index in [2.05, 4.69) is 4.98 Å². The van der Waals surface area contributed by atoms with Gasteiger partial charge in [-0.15, -0.1) is 0 Å². The van der Waals surface area contributed by atoms with Crippen molar-refractivity contribution in [1.82, 2.24) is 9.88 Å². The third kappa shape index (κ3) is 2.61. The number of rotatable bonds is 2. The average Bonchev–Trinajstić information content (AvgIpc) is 2.38. The topological polar surface area (TPSA) is 70.5 Å². The molecule has 0 radical (unpaired) electrons. The van der Waals surface area contributed by atoms with Crippen molar-refractivity contribution in [3.63, 3.8) is 0 Å². The van der Waals surface area contributed by atoms with Crippen LogP contribution in [-0.2, 0) is 4.79 Å². The molecule has 1 fully saturated rings. The second-order valence-electron chi connectivity index (χ2n) is 4.19. The van der Waals surface area contributed by atoms with E-state index in [1.807, 2.05) is 0 Å². The van der Waals surface area contributed by atoms with Gasteiger partial charge in [0, 0.05) is 6.54 Å². The fourth-order valence-electron chi connectivity index (χ4n) is 2.11. The quantitative estimate of drug-likeness (QED) is 0.831. The average molecular weight is 269 g/mol. The van der Waals surface area contributed by atoms with Crippen LogP contribution >= 0.6 is 11.6 Å². The number of hydrogen-bond acceptors (Lipinski definition) is 3. The molecule has 0 aromatic carbocycles. The molecule has 1 aliphatic rings. The number of halogens is 1. The number of likely N-dealkylation sites (tertiary alicyclic amines) is 1. The molecule has 0 saturated carbocycles. The van der Waals surface area contributed by atoms with Gasteiger partial charge in [-0.1, -0.05) is 17.7 Å². The molecule has 1 N–H and O–H groups in total. The minimum atomic E-state index is -0.968. The summed E-state index contributed by atoms with van der Waals surface area (Å²) in [4.78, 5) is 28.6. The summed E-state index contributed by atoms with van der Waals surface area (Å²) >= 11 is 5.73. The predicted octanol–water partition coefficient (Wildman–Crippen LogP) is 1.81. The Balaban J connectivity index is 2.23. The number of carbonyl (C=O) groups excluding carboxylic acids is 1. The zero-order chi connectivity index (χ0) is 13.1. The first-order valence-electron chi connectivity index (χ1n) is 5.76. The molecule has 0 aliphatic carbocycles. The molecule has 1 atom stereocenters. The van der Waals surface area contributed by atoms with E-state index in [1.54, 1.807) is 18.2 Å². The number of carboxylic acids is 1. The van der Waals surface area contributed by atoms with Gasteiger partial charge in [-0.2, -0.15) is 0 Å². The highest BCUT2D eigenvalue weighted by atomic mass is 35.5. The van der Waals surface area contributed by atoms with Gasteiger partial charge in [0.2, 0.25) is 0 Å². The largest absolute Gasteiger partial charge is 0.480 e. The molecule has 2 heterocycles. The van der Waals surface area contributed by atoms with Gasteiger partial charge in [-0.05, 0) is 31.4 Å². The highest BCUT2D eigenvalue weighted by Crippen LogP contribution is 2.19. The van der Waals surface area contributed by atoms with E-state index in [0.717, 1.165) is 12.8 Å². The third-order valence-corrected chi connectivity index (χ3v) is 3.19. The summed E-state index contributed by atoms with van der Waals surface area (Å²) in [7, 11) is 0. The van der Waals surface area contributed by atoms with Crippen LogP contribution in [0.1, 0.15) is 29.8 Å². The lowest BCUT2D eigenvalue weighted by Gasteiger charge is -2.32. The Kier molecular flexibility index (Phi) is 3.81. The molecule has 2 rings (SSSR count). The van der Waals surface area contributed by atoms with Gasteiger partial charge in [0.05, 0.1) is 0 Å². The number of amides is 1. The van der Waals surface area contributed by atoms with Crippen LogP contribution in [0, 0.1) is 0 Å². The lowest BCUT2D eigenvalue weighted by atomic mass is 10.0. The molecule has 6 heteroatoms. The molecular formula is C12H13ClN2O3. The maximum Gasteiger partial charge on any atom is 0.326 e. The van der Waals surface area contributed by atoms with E-state index in [1.165, 1.54) is 4.90 Å². The SMILES string of the molecule is O=C(O)[C@@H]1CCCCN1C(=O)c1cccc(Cl)n1. The number of pyridine rings is 1. The van der Waals surface area contributed by atoms with Crippen molar-refractivity contribution in [3.05, 3.63) is 29.0 Å². The summed E-state index contributed by atoms with van der Waals surface area (Å²) in [6.07, 6.45) is 2.13. The van der Waals surface area contributed by atoms with E-state index in [9.17, 15) is 9.59 Å². The summed E-state index contributed by atoms with van der Waals surface area (Å²) in [5.74, 6) is -1.34. The Morgan fingerprint density at radius 2 is 2.17 bits per heavy atom. The molecule has 1 saturated heterocycles. The molecule has 1 aromatic rings. The molecule has 18 heavy (non-hydrogen) atoms. The van der Waals surface area contributed by atoms with Gasteiger partial charge in [-0.25, -0.2) is 9.78 Å². The van der Waals surface area contributed by atoms with Gasteiger partial charge in [-0.3, -0.25) is 4.79 Å². The Morgan fingerprint density at radius 3 is 2.83 bits per heavy atom. The number of aliphatic carboxylic acids is 1. The Bertz CT molecular complexity index is 478. The molecule has 96 valence electrons. The normalized spacial score (nSPS) is 19.6. The Morgan fingerprint density at radius 1 is 1.39 bits per heavy atom. The summed E-state index contributed by atoms with van der Waals surface area (Å²) < 4.78 is 0.